The van der Waals surface area contributed by atoms with Crippen LogP contribution in [0, 0.1) is 0 Å². The molecule has 0 unspecified atom stereocenters. The molecule has 19 heavy (non-hydrogen) atoms. The summed E-state index contributed by atoms with van der Waals surface area (Å²) < 4.78 is 10.6. The maximum absolute atomic E-state index is 9.72. The van der Waals surface area contributed by atoms with Gasteiger partial charge < -0.3 is 29.9 Å². The zero-order valence-electron chi connectivity index (χ0n) is 11.4. The lowest BCUT2D eigenvalue weighted by Gasteiger charge is -2.39. The van der Waals surface area contributed by atoms with Crippen LogP contribution < -0.4 is 0 Å². The lowest BCUT2D eigenvalue weighted by atomic mass is 9.99. The number of hydrogen-bond donors (Lipinski definition) is 4. The molecular formula is C13H26O6. The third kappa shape index (κ3) is 4.98. The van der Waals surface area contributed by atoms with Crippen LogP contribution in [0.3, 0.4) is 0 Å². The highest BCUT2D eigenvalue weighted by molar-refractivity contribution is 4.88. The van der Waals surface area contributed by atoms with Gasteiger partial charge in [-0.05, 0) is 6.42 Å². The van der Waals surface area contributed by atoms with Crippen LogP contribution in [-0.2, 0) is 9.47 Å². The summed E-state index contributed by atoms with van der Waals surface area (Å²) in [5, 5.41) is 37.9. The minimum Gasteiger partial charge on any atom is -0.394 e. The fraction of sp³-hybridized carbons (Fsp3) is 1.00. The second kappa shape index (κ2) is 8.84. The van der Waals surface area contributed by atoms with Crippen LogP contribution in [0.2, 0.25) is 0 Å². The zero-order valence-corrected chi connectivity index (χ0v) is 11.4. The van der Waals surface area contributed by atoms with Crippen molar-refractivity contribution in [3.8, 4) is 0 Å². The van der Waals surface area contributed by atoms with Gasteiger partial charge in [-0.3, -0.25) is 0 Å². The van der Waals surface area contributed by atoms with Crippen LogP contribution in [0.15, 0.2) is 0 Å². The van der Waals surface area contributed by atoms with Crippen molar-refractivity contribution in [2.75, 3.05) is 13.2 Å². The first-order chi connectivity index (χ1) is 9.11. The van der Waals surface area contributed by atoms with Gasteiger partial charge >= 0.3 is 0 Å². The number of unbranched alkanes of at least 4 members (excludes halogenated alkanes) is 4. The minimum absolute atomic E-state index is 0.423. The summed E-state index contributed by atoms with van der Waals surface area (Å²) in [7, 11) is 0. The third-order valence-corrected chi connectivity index (χ3v) is 3.38. The number of aliphatic hydroxyl groups is 4. The molecule has 0 saturated carbocycles. The van der Waals surface area contributed by atoms with Gasteiger partial charge in [-0.2, -0.15) is 0 Å². The number of hydrogen-bond acceptors (Lipinski definition) is 6. The molecule has 0 radical (unpaired) electrons. The highest BCUT2D eigenvalue weighted by Crippen LogP contribution is 2.22. The molecule has 0 aromatic heterocycles. The SMILES string of the molecule is CCCCCCCO[C@H]1O[C@H](CO)[C@H](O)[C@@H](O)[C@@H]1O. The van der Waals surface area contributed by atoms with E-state index < -0.39 is 37.3 Å². The standard InChI is InChI=1S/C13H26O6/c1-2-3-4-5-6-7-18-13-12(17)11(16)10(15)9(8-14)19-13/h9-17H,2-8H2,1H3/t9-,10+,11-,12+,13+/m1/s1. The van der Waals surface area contributed by atoms with Crippen LogP contribution in [0.1, 0.15) is 39.0 Å². The summed E-state index contributed by atoms with van der Waals surface area (Å²) in [6, 6.07) is 0. The van der Waals surface area contributed by atoms with E-state index in [4.69, 9.17) is 14.6 Å². The van der Waals surface area contributed by atoms with Gasteiger partial charge in [0.15, 0.2) is 6.29 Å². The Morgan fingerprint density at radius 3 is 2.26 bits per heavy atom. The molecule has 6 nitrogen and oxygen atoms in total. The molecular weight excluding hydrogens is 252 g/mol. The summed E-state index contributed by atoms with van der Waals surface area (Å²) in [5.74, 6) is 0. The van der Waals surface area contributed by atoms with Gasteiger partial charge in [-0.15, -0.1) is 0 Å². The van der Waals surface area contributed by atoms with E-state index in [0.29, 0.717) is 6.61 Å². The molecule has 1 aliphatic heterocycles. The van der Waals surface area contributed by atoms with Crippen molar-refractivity contribution in [2.24, 2.45) is 0 Å². The highest BCUT2D eigenvalue weighted by Gasteiger charge is 2.43. The normalized spacial score (nSPS) is 35.5. The van der Waals surface area contributed by atoms with Crippen molar-refractivity contribution in [3.63, 3.8) is 0 Å². The molecule has 0 bridgehead atoms. The quantitative estimate of drug-likeness (QED) is 0.458. The van der Waals surface area contributed by atoms with Crippen molar-refractivity contribution in [1.29, 1.82) is 0 Å². The fourth-order valence-corrected chi connectivity index (χ4v) is 2.11. The Morgan fingerprint density at radius 1 is 0.947 bits per heavy atom. The summed E-state index contributed by atoms with van der Waals surface area (Å²) in [6.07, 6.45) is -0.471. The first kappa shape index (κ1) is 16.8. The molecule has 1 heterocycles. The van der Waals surface area contributed by atoms with E-state index in [9.17, 15) is 15.3 Å². The van der Waals surface area contributed by atoms with Crippen LogP contribution in [-0.4, -0.2) is 64.3 Å². The summed E-state index contributed by atoms with van der Waals surface area (Å²) in [4.78, 5) is 0. The average molecular weight is 278 g/mol. The topological polar surface area (TPSA) is 99.4 Å². The first-order valence-electron chi connectivity index (χ1n) is 7.04. The first-order valence-corrected chi connectivity index (χ1v) is 7.04. The molecule has 1 aliphatic rings. The lowest BCUT2D eigenvalue weighted by Crippen LogP contribution is -2.59. The largest absolute Gasteiger partial charge is 0.394 e. The van der Waals surface area contributed by atoms with Crippen molar-refractivity contribution in [1.82, 2.24) is 0 Å². The van der Waals surface area contributed by atoms with Crippen LogP contribution in [0.5, 0.6) is 0 Å². The Labute approximate surface area is 114 Å². The zero-order chi connectivity index (χ0) is 14.3. The van der Waals surface area contributed by atoms with Gasteiger partial charge in [0, 0.05) is 6.61 Å². The highest BCUT2D eigenvalue weighted by atomic mass is 16.7. The molecule has 5 atom stereocenters. The van der Waals surface area contributed by atoms with Gasteiger partial charge in [-0.1, -0.05) is 32.6 Å². The second-order valence-corrected chi connectivity index (χ2v) is 4.98. The van der Waals surface area contributed by atoms with Crippen molar-refractivity contribution in [3.05, 3.63) is 0 Å². The summed E-state index contributed by atoms with van der Waals surface area (Å²) >= 11 is 0. The molecule has 6 heteroatoms. The molecule has 4 N–H and O–H groups in total. The summed E-state index contributed by atoms with van der Waals surface area (Å²) in [6.45, 7) is 2.14. The molecule has 0 aromatic rings. The Morgan fingerprint density at radius 2 is 1.63 bits per heavy atom. The van der Waals surface area contributed by atoms with Crippen LogP contribution >= 0.6 is 0 Å². The van der Waals surface area contributed by atoms with E-state index in [-0.39, 0.29) is 0 Å². The van der Waals surface area contributed by atoms with Crippen molar-refractivity contribution >= 4 is 0 Å². The van der Waals surface area contributed by atoms with Gasteiger partial charge in [-0.25, -0.2) is 0 Å². The summed E-state index contributed by atoms with van der Waals surface area (Å²) in [5.41, 5.74) is 0. The molecule has 1 fully saturated rings. The Bertz CT molecular complexity index is 235. The molecule has 0 aromatic carbocycles. The van der Waals surface area contributed by atoms with Gasteiger partial charge in [0.1, 0.15) is 24.4 Å². The maximum atomic E-state index is 9.72. The van der Waals surface area contributed by atoms with Gasteiger partial charge in [0.2, 0.25) is 0 Å². The van der Waals surface area contributed by atoms with Gasteiger partial charge in [0.05, 0.1) is 6.61 Å². The lowest BCUT2D eigenvalue weighted by molar-refractivity contribution is -0.301. The van der Waals surface area contributed by atoms with E-state index in [1.807, 2.05) is 0 Å². The molecule has 0 aliphatic carbocycles. The third-order valence-electron chi connectivity index (χ3n) is 3.38. The maximum Gasteiger partial charge on any atom is 0.186 e. The van der Waals surface area contributed by atoms with Gasteiger partial charge in [0.25, 0.3) is 0 Å². The van der Waals surface area contributed by atoms with E-state index in [1.165, 1.54) is 12.8 Å². The van der Waals surface area contributed by atoms with Crippen LogP contribution in [0.4, 0.5) is 0 Å². The van der Waals surface area contributed by atoms with E-state index >= 15 is 0 Å². The molecule has 0 amide bonds. The monoisotopic (exact) mass is 278 g/mol. The van der Waals surface area contributed by atoms with E-state index in [2.05, 4.69) is 6.92 Å². The van der Waals surface area contributed by atoms with Crippen molar-refractivity contribution in [2.45, 2.75) is 69.7 Å². The number of rotatable bonds is 8. The number of ether oxygens (including phenoxy) is 2. The minimum atomic E-state index is -1.36. The second-order valence-electron chi connectivity index (χ2n) is 4.98. The molecule has 0 spiro atoms. The van der Waals surface area contributed by atoms with Crippen LogP contribution in [0.25, 0.3) is 0 Å². The smallest absolute Gasteiger partial charge is 0.186 e. The fourth-order valence-electron chi connectivity index (χ4n) is 2.11. The predicted molar refractivity (Wildman–Crippen MR) is 68.5 cm³/mol. The van der Waals surface area contributed by atoms with Crippen molar-refractivity contribution < 1.29 is 29.9 Å². The Kier molecular flexibility index (Phi) is 7.82. The Balaban J connectivity index is 2.28. The van der Waals surface area contributed by atoms with E-state index in [1.54, 1.807) is 0 Å². The van der Waals surface area contributed by atoms with E-state index in [0.717, 1.165) is 19.3 Å². The predicted octanol–water partition coefficient (Wildman–Crippen LogP) is -0.227. The average Bonchev–Trinajstić information content (AvgIpc) is 2.42. The molecule has 114 valence electrons. The Hall–Kier alpha value is -0.240. The molecule has 1 saturated heterocycles. The number of aliphatic hydroxyl groups excluding tert-OH is 4. The molecule has 1 rings (SSSR count).